The lowest BCUT2D eigenvalue weighted by Gasteiger charge is -2.29. The number of benzene rings is 1. The van der Waals surface area contributed by atoms with Gasteiger partial charge in [0.2, 0.25) is 0 Å². The van der Waals surface area contributed by atoms with Gasteiger partial charge in [-0.2, -0.15) is 0 Å². The maximum atomic E-state index is 6.06. The molecule has 0 aromatic heterocycles. The molecule has 2 atom stereocenters. The van der Waals surface area contributed by atoms with Crippen molar-refractivity contribution < 1.29 is 0 Å². The molecule has 0 saturated heterocycles. The van der Waals surface area contributed by atoms with Gasteiger partial charge in [0.1, 0.15) is 5.50 Å². The van der Waals surface area contributed by atoms with Crippen molar-refractivity contribution in [2.24, 2.45) is 5.73 Å². The quantitative estimate of drug-likeness (QED) is 0.524. The van der Waals surface area contributed by atoms with Crippen molar-refractivity contribution in [1.82, 2.24) is 10.2 Å². The molecule has 0 heterocycles. The third kappa shape index (κ3) is 3.79. The van der Waals surface area contributed by atoms with E-state index in [2.05, 4.69) is 36.7 Å². The van der Waals surface area contributed by atoms with Crippen molar-refractivity contribution in [3.05, 3.63) is 35.9 Å². The Labute approximate surface area is 103 Å². The van der Waals surface area contributed by atoms with Crippen LogP contribution in [0.1, 0.15) is 25.6 Å². The number of hydrogen-bond donors (Lipinski definition) is 3. The van der Waals surface area contributed by atoms with Crippen molar-refractivity contribution >= 4 is 12.6 Å². The van der Waals surface area contributed by atoms with E-state index < -0.39 is 0 Å². The monoisotopic (exact) mass is 239 g/mol. The van der Waals surface area contributed by atoms with Crippen molar-refractivity contribution in [3.8, 4) is 0 Å². The number of nitrogens with one attached hydrogen (secondary N) is 1. The first-order valence-electron chi connectivity index (χ1n) is 5.67. The van der Waals surface area contributed by atoms with Crippen LogP contribution in [-0.2, 0) is 0 Å². The minimum absolute atomic E-state index is 0.00907. The van der Waals surface area contributed by atoms with Gasteiger partial charge in [0.15, 0.2) is 0 Å². The summed E-state index contributed by atoms with van der Waals surface area (Å²) in [5.41, 5.74) is 7.12. The molecule has 0 aliphatic carbocycles. The fourth-order valence-corrected chi connectivity index (χ4v) is 2.08. The number of thiol groups is 1. The van der Waals surface area contributed by atoms with E-state index in [9.17, 15) is 0 Å². The van der Waals surface area contributed by atoms with Crippen molar-refractivity contribution in [3.63, 3.8) is 0 Å². The van der Waals surface area contributed by atoms with E-state index in [0.29, 0.717) is 0 Å². The fourth-order valence-electron chi connectivity index (χ4n) is 1.59. The van der Waals surface area contributed by atoms with Crippen LogP contribution in [0.25, 0.3) is 0 Å². The van der Waals surface area contributed by atoms with Crippen LogP contribution in [0.3, 0.4) is 0 Å². The van der Waals surface area contributed by atoms with E-state index in [1.54, 1.807) is 0 Å². The van der Waals surface area contributed by atoms with E-state index in [-0.39, 0.29) is 11.7 Å². The normalized spacial score (nSPS) is 15.1. The number of rotatable bonds is 6. The van der Waals surface area contributed by atoms with Gasteiger partial charge in [-0.25, -0.2) is 0 Å². The van der Waals surface area contributed by atoms with Crippen LogP contribution in [0.15, 0.2) is 30.3 Å². The number of nitrogens with zero attached hydrogens (tertiary/aromatic N) is 1. The molecule has 0 spiro atoms. The third-order valence-electron chi connectivity index (χ3n) is 2.65. The second-order valence-electron chi connectivity index (χ2n) is 3.65. The summed E-state index contributed by atoms with van der Waals surface area (Å²) < 4.78 is 0. The van der Waals surface area contributed by atoms with Crippen molar-refractivity contribution in [1.29, 1.82) is 0 Å². The summed E-state index contributed by atoms with van der Waals surface area (Å²) in [4.78, 5) is 2.20. The summed E-state index contributed by atoms with van der Waals surface area (Å²) in [5.74, 6) is 0. The zero-order chi connectivity index (χ0) is 12.0. The smallest absolute Gasteiger partial charge is 0.107 e. The van der Waals surface area contributed by atoms with Gasteiger partial charge >= 0.3 is 0 Å². The molecule has 0 fully saturated rings. The number of hydrogen-bond acceptors (Lipinski definition) is 4. The summed E-state index contributed by atoms with van der Waals surface area (Å²) in [5, 5.41) is 3.27. The number of nitrogens with two attached hydrogens (primary N) is 1. The molecular weight excluding hydrogens is 218 g/mol. The predicted octanol–water partition coefficient (Wildman–Crippen LogP) is 1.79. The summed E-state index contributed by atoms with van der Waals surface area (Å²) in [6, 6.07) is 9.99. The Hall–Kier alpha value is -0.550. The van der Waals surface area contributed by atoms with E-state index in [1.807, 2.05) is 30.3 Å². The highest BCUT2D eigenvalue weighted by Gasteiger charge is 2.14. The highest BCUT2D eigenvalue weighted by molar-refractivity contribution is 7.80. The van der Waals surface area contributed by atoms with Gasteiger partial charge in [-0.3, -0.25) is 10.2 Å². The van der Waals surface area contributed by atoms with Crippen LogP contribution in [0, 0.1) is 0 Å². The lowest BCUT2D eigenvalue weighted by atomic mass is 10.2. The van der Waals surface area contributed by atoms with Crippen LogP contribution in [0.5, 0.6) is 0 Å². The van der Waals surface area contributed by atoms with Gasteiger partial charge in [-0.1, -0.05) is 44.2 Å². The average Bonchev–Trinajstić information content (AvgIpc) is 2.31. The summed E-state index contributed by atoms with van der Waals surface area (Å²) >= 11 is 4.51. The van der Waals surface area contributed by atoms with Gasteiger partial charge in [0.25, 0.3) is 0 Å². The fraction of sp³-hybridized carbons (Fsp3) is 0.500. The van der Waals surface area contributed by atoms with Gasteiger partial charge in [0, 0.05) is 0 Å². The van der Waals surface area contributed by atoms with E-state index in [4.69, 9.17) is 5.73 Å². The molecule has 0 saturated carbocycles. The topological polar surface area (TPSA) is 41.3 Å². The molecule has 3 nitrogen and oxygen atoms in total. The van der Waals surface area contributed by atoms with Gasteiger partial charge in [0.05, 0.1) is 6.17 Å². The molecule has 0 amide bonds. The summed E-state index contributed by atoms with van der Waals surface area (Å²) in [6.07, 6.45) is -0.177. The maximum Gasteiger partial charge on any atom is 0.107 e. The van der Waals surface area contributed by atoms with Crippen LogP contribution in [0.4, 0.5) is 0 Å². The molecular formula is C12H21N3S. The van der Waals surface area contributed by atoms with E-state index in [0.717, 1.165) is 18.7 Å². The molecule has 0 radical (unpaired) electrons. The SMILES string of the molecule is CCN(CC)C(S)NC(N)c1ccccc1. The predicted molar refractivity (Wildman–Crippen MR) is 72.2 cm³/mol. The molecule has 2 unspecified atom stereocenters. The lowest BCUT2D eigenvalue weighted by molar-refractivity contribution is 0.238. The van der Waals surface area contributed by atoms with Crippen LogP contribution in [-0.4, -0.2) is 23.5 Å². The standard InChI is InChI=1S/C12H21N3S/c1-3-15(4-2)12(16)14-11(13)10-8-6-5-7-9-10/h5-9,11-12,14,16H,3-4,13H2,1-2H3. The zero-order valence-corrected chi connectivity index (χ0v) is 10.8. The maximum absolute atomic E-state index is 6.06. The zero-order valence-electron chi connectivity index (χ0n) is 9.93. The Morgan fingerprint density at radius 1 is 1.25 bits per heavy atom. The molecule has 1 rings (SSSR count). The Morgan fingerprint density at radius 3 is 2.31 bits per heavy atom. The molecule has 1 aromatic carbocycles. The highest BCUT2D eigenvalue weighted by Crippen LogP contribution is 2.10. The second-order valence-corrected chi connectivity index (χ2v) is 4.14. The Bertz CT molecular complexity index is 288. The summed E-state index contributed by atoms with van der Waals surface area (Å²) in [7, 11) is 0. The first-order chi connectivity index (χ1) is 7.69. The Morgan fingerprint density at radius 2 is 1.81 bits per heavy atom. The average molecular weight is 239 g/mol. The van der Waals surface area contributed by atoms with Crippen LogP contribution < -0.4 is 11.1 Å². The summed E-state index contributed by atoms with van der Waals surface area (Å²) in [6.45, 7) is 6.14. The van der Waals surface area contributed by atoms with Crippen LogP contribution >= 0.6 is 12.6 Å². The molecule has 0 bridgehead atoms. The van der Waals surface area contributed by atoms with Gasteiger partial charge < -0.3 is 5.73 Å². The van der Waals surface area contributed by atoms with Crippen LogP contribution in [0.2, 0.25) is 0 Å². The minimum Gasteiger partial charge on any atom is -0.312 e. The Kier molecular flexibility index (Phi) is 5.84. The molecule has 90 valence electrons. The van der Waals surface area contributed by atoms with Crippen molar-refractivity contribution in [2.75, 3.05) is 13.1 Å². The van der Waals surface area contributed by atoms with Gasteiger partial charge in [-0.15, -0.1) is 12.6 Å². The molecule has 3 N–H and O–H groups in total. The Balaban J connectivity index is 2.54. The molecule has 4 heteroatoms. The third-order valence-corrected chi connectivity index (χ3v) is 3.12. The highest BCUT2D eigenvalue weighted by atomic mass is 32.1. The molecule has 0 aliphatic rings. The molecule has 16 heavy (non-hydrogen) atoms. The minimum atomic E-state index is -0.177. The van der Waals surface area contributed by atoms with E-state index >= 15 is 0 Å². The van der Waals surface area contributed by atoms with E-state index in [1.165, 1.54) is 0 Å². The second kappa shape index (κ2) is 6.91. The first kappa shape index (κ1) is 13.5. The van der Waals surface area contributed by atoms with Crippen molar-refractivity contribution in [2.45, 2.75) is 25.5 Å². The molecule has 1 aromatic rings. The largest absolute Gasteiger partial charge is 0.312 e. The first-order valence-corrected chi connectivity index (χ1v) is 6.19. The molecule has 0 aliphatic heterocycles. The lowest BCUT2D eigenvalue weighted by Crippen LogP contribution is -2.45. The van der Waals surface area contributed by atoms with Gasteiger partial charge in [-0.05, 0) is 18.7 Å².